The number of rotatable bonds is 6. The van der Waals surface area contributed by atoms with E-state index in [1.54, 1.807) is 19.3 Å². The molecule has 1 atom stereocenters. The minimum Gasteiger partial charge on any atom is -0.467 e. The first-order chi connectivity index (χ1) is 11.5. The first kappa shape index (κ1) is 17.5. The summed E-state index contributed by atoms with van der Waals surface area (Å²) in [6.07, 6.45) is 6.64. The van der Waals surface area contributed by atoms with Gasteiger partial charge in [-0.15, -0.1) is 0 Å². The highest BCUT2D eigenvalue weighted by molar-refractivity contribution is 5.94. The molecule has 2 rings (SSSR count). The summed E-state index contributed by atoms with van der Waals surface area (Å²) in [5.74, 6) is -0.741. The molecular formula is C18H21N3O3. The fourth-order valence-corrected chi connectivity index (χ4v) is 2.24. The molecule has 24 heavy (non-hydrogen) atoms. The average molecular weight is 327 g/mol. The third-order valence-electron chi connectivity index (χ3n) is 3.75. The van der Waals surface area contributed by atoms with Crippen molar-refractivity contribution in [3.8, 4) is 0 Å². The highest BCUT2D eigenvalue weighted by Gasteiger charge is 2.27. The Hall–Kier alpha value is -2.89. The quantitative estimate of drug-likeness (QED) is 0.650. The number of hydrogen-bond donors (Lipinski definition) is 1. The summed E-state index contributed by atoms with van der Waals surface area (Å²) in [4.78, 5) is 32.6. The van der Waals surface area contributed by atoms with E-state index < -0.39 is 12.0 Å². The average Bonchev–Trinajstić information content (AvgIpc) is 3.10. The predicted octanol–water partition coefficient (Wildman–Crippen LogP) is 1.97. The molecule has 126 valence electrons. The molecule has 6 heteroatoms. The standard InChI is InChI=1S/C18H21N3O3/c1-13-4-6-14(7-5-13)8-9-17(22)21(2)16(18(23)24-3)10-15-11-19-12-20-15/h4-9,11-12,16H,10H2,1-3H3,(H,19,20)/t16-/m0/s1. The van der Waals surface area contributed by atoms with Crippen LogP contribution in [-0.4, -0.2) is 46.9 Å². The molecule has 0 spiro atoms. The van der Waals surface area contributed by atoms with Gasteiger partial charge in [-0.2, -0.15) is 0 Å². The number of aryl methyl sites for hydroxylation is 1. The number of hydrogen-bond acceptors (Lipinski definition) is 4. The molecular weight excluding hydrogens is 306 g/mol. The van der Waals surface area contributed by atoms with Gasteiger partial charge in [-0.05, 0) is 18.6 Å². The molecule has 0 radical (unpaired) electrons. The van der Waals surface area contributed by atoms with E-state index in [0.29, 0.717) is 6.42 Å². The Labute approximate surface area is 141 Å². The van der Waals surface area contributed by atoms with Crippen LogP contribution in [0, 0.1) is 6.92 Å². The molecule has 1 aromatic heterocycles. The maximum atomic E-state index is 12.4. The van der Waals surface area contributed by atoms with Gasteiger partial charge in [0.25, 0.3) is 0 Å². The van der Waals surface area contributed by atoms with E-state index in [1.165, 1.54) is 24.4 Å². The molecule has 0 aliphatic heterocycles. The number of carbonyl (C=O) groups excluding carboxylic acids is 2. The molecule has 1 heterocycles. The van der Waals surface area contributed by atoms with E-state index in [1.807, 2.05) is 31.2 Å². The fraction of sp³-hybridized carbons (Fsp3) is 0.278. The Morgan fingerprint density at radius 2 is 2.04 bits per heavy atom. The molecule has 0 aliphatic carbocycles. The van der Waals surface area contributed by atoms with E-state index >= 15 is 0 Å². The van der Waals surface area contributed by atoms with Gasteiger partial charge in [-0.3, -0.25) is 4.79 Å². The summed E-state index contributed by atoms with van der Waals surface area (Å²) in [5, 5.41) is 0. The lowest BCUT2D eigenvalue weighted by Crippen LogP contribution is -2.43. The van der Waals surface area contributed by atoms with E-state index in [9.17, 15) is 9.59 Å². The lowest BCUT2D eigenvalue weighted by atomic mass is 10.1. The van der Waals surface area contributed by atoms with Crippen molar-refractivity contribution in [3.63, 3.8) is 0 Å². The van der Waals surface area contributed by atoms with Gasteiger partial charge in [0, 0.05) is 31.4 Å². The molecule has 0 saturated heterocycles. The summed E-state index contributed by atoms with van der Waals surface area (Å²) in [5.41, 5.74) is 2.83. The number of esters is 1. The van der Waals surface area contributed by atoms with Crippen LogP contribution in [0.3, 0.4) is 0 Å². The topological polar surface area (TPSA) is 75.3 Å². The van der Waals surface area contributed by atoms with Crippen LogP contribution in [0.5, 0.6) is 0 Å². The fourth-order valence-electron chi connectivity index (χ4n) is 2.24. The molecule has 1 amide bonds. The Morgan fingerprint density at radius 1 is 1.33 bits per heavy atom. The normalized spacial score (nSPS) is 12.1. The molecule has 1 N–H and O–H groups in total. The number of nitrogens with zero attached hydrogens (tertiary/aromatic N) is 2. The van der Waals surface area contributed by atoms with Gasteiger partial charge in [0.05, 0.1) is 13.4 Å². The molecule has 6 nitrogen and oxygen atoms in total. The Morgan fingerprint density at radius 3 is 2.62 bits per heavy atom. The van der Waals surface area contributed by atoms with Crippen molar-refractivity contribution < 1.29 is 14.3 Å². The van der Waals surface area contributed by atoms with Gasteiger partial charge in [0.1, 0.15) is 6.04 Å². The van der Waals surface area contributed by atoms with Crippen molar-refractivity contribution in [2.75, 3.05) is 14.2 Å². The highest BCUT2D eigenvalue weighted by Crippen LogP contribution is 2.10. The number of nitrogens with one attached hydrogen (secondary N) is 1. The third-order valence-corrected chi connectivity index (χ3v) is 3.75. The minimum absolute atomic E-state index is 0.273. The van der Waals surface area contributed by atoms with E-state index in [4.69, 9.17) is 4.74 Å². The number of likely N-dealkylation sites (N-methyl/N-ethyl adjacent to an activating group) is 1. The number of amides is 1. The van der Waals surface area contributed by atoms with E-state index in [0.717, 1.165) is 16.8 Å². The molecule has 0 aliphatic rings. The maximum Gasteiger partial charge on any atom is 0.328 e. The largest absolute Gasteiger partial charge is 0.467 e. The Bertz CT molecular complexity index is 706. The van der Waals surface area contributed by atoms with E-state index in [2.05, 4.69) is 9.97 Å². The summed E-state index contributed by atoms with van der Waals surface area (Å²) in [7, 11) is 2.89. The molecule has 1 aromatic carbocycles. The number of aromatic nitrogens is 2. The van der Waals surface area contributed by atoms with Gasteiger partial charge in [-0.1, -0.05) is 29.8 Å². The zero-order valence-corrected chi connectivity index (χ0v) is 14.0. The van der Waals surface area contributed by atoms with E-state index in [-0.39, 0.29) is 5.91 Å². The van der Waals surface area contributed by atoms with Crippen molar-refractivity contribution in [2.45, 2.75) is 19.4 Å². The van der Waals surface area contributed by atoms with Crippen LogP contribution in [0.2, 0.25) is 0 Å². The molecule has 0 unspecified atom stereocenters. The molecule has 0 bridgehead atoms. The zero-order valence-electron chi connectivity index (χ0n) is 14.0. The van der Waals surface area contributed by atoms with Gasteiger partial charge in [-0.25, -0.2) is 9.78 Å². The van der Waals surface area contributed by atoms with Crippen molar-refractivity contribution in [1.82, 2.24) is 14.9 Å². The van der Waals surface area contributed by atoms with Crippen LogP contribution in [-0.2, 0) is 20.7 Å². The second kappa shape index (κ2) is 8.10. The highest BCUT2D eigenvalue weighted by atomic mass is 16.5. The third kappa shape index (κ3) is 4.55. The SMILES string of the molecule is COC(=O)[C@H](Cc1cnc[nH]1)N(C)C(=O)C=Cc1ccc(C)cc1. The van der Waals surface area contributed by atoms with Crippen molar-refractivity contribution in [2.24, 2.45) is 0 Å². The summed E-state index contributed by atoms with van der Waals surface area (Å²) >= 11 is 0. The van der Waals surface area contributed by atoms with Crippen LogP contribution in [0.1, 0.15) is 16.8 Å². The van der Waals surface area contributed by atoms with Crippen LogP contribution in [0.25, 0.3) is 6.08 Å². The second-order valence-electron chi connectivity index (χ2n) is 5.51. The number of H-pyrrole nitrogens is 1. The van der Waals surface area contributed by atoms with Gasteiger partial charge < -0.3 is 14.6 Å². The van der Waals surface area contributed by atoms with Gasteiger partial charge >= 0.3 is 5.97 Å². The summed E-state index contributed by atoms with van der Waals surface area (Å²) in [6, 6.07) is 7.10. The number of ether oxygens (including phenoxy) is 1. The van der Waals surface area contributed by atoms with Crippen molar-refractivity contribution in [1.29, 1.82) is 0 Å². The number of benzene rings is 1. The zero-order chi connectivity index (χ0) is 17.5. The summed E-state index contributed by atoms with van der Waals surface area (Å²) in [6.45, 7) is 2.00. The molecule has 2 aromatic rings. The minimum atomic E-state index is -0.717. The van der Waals surface area contributed by atoms with Crippen molar-refractivity contribution >= 4 is 18.0 Å². The van der Waals surface area contributed by atoms with Gasteiger partial charge in [0.15, 0.2) is 0 Å². The van der Waals surface area contributed by atoms with Crippen molar-refractivity contribution in [3.05, 3.63) is 59.7 Å². The number of imidazole rings is 1. The summed E-state index contributed by atoms with van der Waals surface area (Å²) < 4.78 is 4.82. The lowest BCUT2D eigenvalue weighted by molar-refractivity contribution is -0.150. The first-order valence-electron chi connectivity index (χ1n) is 7.58. The number of aromatic amines is 1. The number of carbonyl (C=O) groups is 2. The second-order valence-corrected chi connectivity index (χ2v) is 5.51. The predicted molar refractivity (Wildman–Crippen MR) is 91.1 cm³/mol. The van der Waals surface area contributed by atoms with Crippen LogP contribution >= 0.6 is 0 Å². The Balaban J connectivity index is 2.09. The maximum absolute atomic E-state index is 12.4. The monoisotopic (exact) mass is 327 g/mol. The van der Waals surface area contributed by atoms with Crippen LogP contribution < -0.4 is 0 Å². The van der Waals surface area contributed by atoms with Crippen LogP contribution in [0.4, 0.5) is 0 Å². The molecule has 0 saturated carbocycles. The van der Waals surface area contributed by atoms with Crippen LogP contribution in [0.15, 0.2) is 42.9 Å². The first-order valence-corrected chi connectivity index (χ1v) is 7.58. The smallest absolute Gasteiger partial charge is 0.328 e. The number of methoxy groups -OCH3 is 1. The van der Waals surface area contributed by atoms with Gasteiger partial charge in [0.2, 0.25) is 5.91 Å². The lowest BCUT2D eigenvalue weighted by Gasteiger charge is -2.24. The molecule has 0 fully saturated rings. The Kier molecular flexibility index (Phi) is 5.89.